The normalized spacial score (nSPS) is 11.2. The Hall–Kier alpha value is -4.19. The van der Waals surface area contributed by atoms with Crippen LogP contribution in [-0.4, -0.2) is 42.6 Å². The maximum atomic E-state index is 11.9. The van der Waals surface area contributed by atoms with E-state index in [-0.39, 0.29) is 25.1 Å². The number of ether oxygens (including phenoxy) is 2. The first-order valence-electron chi connectivity index (χ1n) is 18.5. The zero-order chi connectivity index (χ0) is 35.9. The average Bonchev–Trinajstić information content (AvgIpc) is 3.15. The van der Waals surface area contributed by atoms with Crippen LogP contribution in [0.15, 0.2) is 91.0 Å². The quantitative estimate of drug-likeness (QED) is 0.0554. The second-order valence-corrected chi connectivity index (χ2v) is 13.3. The van der Waals surface area contributed by atoms with Crippen molar-refractivity contribution in [3.63, 3.8) is 0 Å². The minimum absolute atomic E-state index is 0.0769. The maximum absolute atomic E-state index is 11.9. The second kappa shape index (κ2) is 19.9. The Morgan fingerprint density at radius 3 is 1.84 bits per heavy atom. The number of carbonyl (C=O) groups is 1. The smallest absolute Gasteiger partial charge is 0.333 e. The van der Waals surface area contributed by atoms with Gasteiger partial charge in [0, 0.05) is 24.7 Å². The lowest BCUT2D eigenvalue weighted by Crippen LogP contribution is -2.15. The molecule has 0 amide bonds. The largest absolute Gasteiger partial charge is 0.493 e. The number of unbranched alkanes of at least 4 members (excludes halogenated alkanes) is 2. The highest BCUT2D eigenvalue weighted by molar-refractivity contribution is 5.86. The molecule has 4 aromatic carbocycles. The van der Waals surface area contributed by atoms with Crippen molar-refractivity contribution in [3.05, 3.63) is 113 Å². The Balaban J connectivity index is 1.57. The van der Waals surface area contributed by atoms with Crippen molar-refractivity contribution in [3.8, 4) is 39.1 Å². The van der Waals surface area contributed by atoms with Crippen LogP contribution in [0.3, 0.4) is 0 Å². The molecule has 0 saturated carbocycles. The Morgan fingerprint density at radius 1 is 0.680 bits per heavy atom. The molecule has 0 aromatic heterocycles. The highest BCUT2D eigenvalue weighted by atomic mass is 16.5. The van der Waals surface area contributed by atoms with Crippen molar-refractivity contribution in [2.24, 2.45) is 5.92 Å². The lowest BCUT2D eigenvalue weighted by Gasteiger charge is -2.17. The van der Waals surface area contributed by atoms with Crippen molar-refractivity contribution in [1.29, 1.82) is 0 Å². The van der Waals surface area contributed by atoms with Crippen molar-refractivity contribution in [2.75, 3.05) is 26.4 Å². The number of hydrogen-bond acceptors (Lipinski definition) is 5. The van der Waals surface area contributed by atoms with Gasteiger partial charge in [-0.25, -0.2) is 4.79 Å². The van der Waals surface area contributed by atoms with Gasteiger partial charge in [-0.3, -0.25) is 0 Å². The molecule has 0 bridgehead atoms. The minimum Gasteiger partial charge on any atom is -0.493 e. The summed E-state index contributed by atoms with van der Waals surface area (Å²) in [6, 6.07) is 29.1. The van der Waals surface area contributed by atoms with E-state index in [9.17, 15) is 15.0 Å². The van der Waals surface area contributed by atoms with E-state index in [1.165, 1.54) is 63.8 Å². The molecule has 50 heavy (non-hydrogen) atoms. The predicted octanol–water partition coefficient (Wildman–Crippen LogP) is 9.97. The van der Waals surface area contributed by atoms with Crippen LogP contribution in [0, 0.1) is 5.92 Å². The van der Waals surface area contributed by atoms with E-state index in [0.29, 0.717) is 38.0 Å². The molecule has 0 spiro atoms. The topological polar surface area (TPSA) is 76.0 Å². The van der Waals surface area contributed by atoms with E-state index in [4.69, 9.17) is 9.47 Å². The Morgan fingerprint density at radius 2 is 1.26 bits per heavy atom. The monoisotopic (exact) mass is 676 g/mol. The van der Waals surface area contributed by atoms with Gasteiger partial charge in [-0.2, -0.15) is 0 Å². The Labute approximate surface area is 300 Å². The summed E-state index contributed by atoms with van der Waals surface area (Å²) in [4.78, 5) is 11.9. The van der Waals surface area contributed by atoms with Gasteiger partial charge in [0.15, 0.2) is 0 Å². The fourth-order valence-corrected chi connectivity index (χ4v) is 6.33. The predicted molar refractivity (Wildman–Crippen MR) is 207 cm³/mol. The summed E-state index contributed by atoms with van der Waals surface area (Å²) < 4.78 is 11.5. The van der Waals surface area contributed by atoms with Crippen LogP contribution in [0.5, 0.6) is 5.75 Å². The van der Waals surface area contributed by atoms with Crippen LogP contribution in [0.4, 0.5) is 0 Å². The lowest BCUT2D eigenvalue weighted by molar-refractivity contribution is -0.139. The minimum atomic E-state index is -0.380. The summed E-state index contributed by atoms with van der Waals surface area (Å²) in [5.41, 5.74) is 12.8. The molecule has 0 atom stereocenters. The summed E-state index contributed by atoms with van der Waals surface area (Å²) in [6.45, 7) is 12.5. The molecule has 2 N–H and O–H groups in total. The summed E-state index contributed by atoms with van der Waals surface area (Å²) in [6.07, 6.45) is 8.64. The van der Waals surface area contributed by atoms with Crippen molar-refractivity contribution < 1.29 is 24.5 Å². The molecule has 0 radical (unpaired) electrons. The van der Waals surface area contributed by atoms with Crippen LogP contribution >= 0.6 is 0 Å². The number of benzene rings is 4. The Bertz CT molecular complexity index is 1680. The SMILES string of the molecule is C=C(C)C(=O)OCCCc1cc(-c2ccc(-c3ccc(-c4ccc(CCCCC)cc4)c(CC)c3)cc2CC)ccc1OCCC(CO)CO. The summed E-state index contributed by atoms with van der Waals surface area (Å²) in [7, 11) is 0. The number of aliphatic hydroxyl groups is 2. The molecular weight excluding hydrogens is 620 g/mol. The zero-order valence-electron chi connectivity index (χ0n) is 30.6. The van der Waals surface area contributed by atoms with E-state index in [0.717, 1.165) is 36.1 Å². The summed E-state index contributed by atoms with van der Waals surface area (Å²) >= 11 is 0. The van der Waals surface area contributed by atoms with E-state index >= 15 is 0 Å². The summed E-state index contributed by atoms with van der Waals surface area (Å²) in [5.74, 6) is 0.179. The van der Waals surface area contributed by atoms with Gasteiger partial charge in [0.1, 0.15) is 5.75 Å². The zero-order valence-corrected chi connectivity index (χ0v) is 30.6. The van der Waals surface area contributed by atoms with E-state index in [1.54, 1.807) is 6.92 Å². The van der Waals surface area contributed by atoms with Crippen LogP contribution in [-0.2, 0) is 35.2 Å². The fraction of sp³-hybridized carbons (Fsp3) is 0.400. The molecule has 266 valence electrons. The van der Waals surface area contributed by atoms with Crippen LogP contribution < -0.4 is 4.74 Å². The molecular formula is C45H56O5. The number of aliphatic hydroxyl groups excluding tert-OH is 2. The number of carbonyl (C=O) groups excluding carboxylic acids is 1. The van der Waals surface area contributed by atoms with Gasteiger partial charge < -0.3 is 19.7 Å². The lowest BCUT2D eigenvalue weighted by atomic mass is 9.90. The molecule has 5 heteroatoms. The highest BCUT2D eigenvalue weighted by Gasteiger charge is 2.14. The van der Waals surface area contributed by atoms with Crippen molar-refractivity contribution in [2.45, 2.75) is 85.5 Å². The van der Waals surface area contributed by atoms with Gasteiger partial charge >= 0.3 is 5.97 Å². The number of rotatable bonds is 20. The molecule has 5 nitrogen and oxygen atoms in total. The van der Waals surface area contributed by atoms with Gasteiger partial charge in [0.05, 0.1) is 13.2 Å². The van der Waals surface area contributed by atoms with Gasteiger partial charge in [0.2, 0.25) is 0 Å². The number of hydrogen-bond donors (Lipinski definition) is 2. The summed E-state index contributed by atoms with van der Waals surface area (Å²) in [5, 5.41) is 18.9. The Kier molecular flexibility index (Phi) is 15.3. The maximum Gasteiger partial charge on any atom is 0.333 e. The van der Waals surface area contributed by atoms with Crippen molar-refractivity contribution in [1.82, 2.24) is 0 Å². The third-order valence-electron chi connectivity index (χ3n) is 9.48. The van der Waals surface area contributed by atoms with E-state index < -0.39 is 0 Å². The van der Waals surface area contributed by atoms with Gasteiger partial charge in [-0.15, -0.1) is 0 Å². The molecule has 0 aliphatic heterocycles. The fourth-order valence-electron chi connectivity index (χ4n) is 6.33. The van der Waals surface area contributed by atoms with Crippen molar-refractivity contribution >= 4 is 5.97 Å². The number of esters is 1. The van der Waals surface area contributed by atoms with Gasteiger partial charge in [-0.1, -0.05) is 107 Å². The van der Waals surface area contributed by atoms with Crippen LogP contribution in [0.1, 0.15) is 82.1 Å². The molecule has 0 aliphatic rings. The van der Waals surface area contributed by atoms with Gasteiger partial charge in [-0.05, 0) is 120 Å². The van der Waals surface area contributed by atoms with Crippen LogP contribution in [0.25, 0.3) is 33.4 Å². The molecule has 0 saturated heterocycles. The molecule has 4 aromatic rings. The average molecular weight is 677 g/mol. The highest BCUT2D eigenvalue weighted by Crippen LogP contribution is 2.35. The number of aryl methyl sites for hydroxylation is 4. The van der Waals surface area contributed by atoms with E-state index in [2.05, 4.69) is 100 Å². The second-order valence-electron chi connectivity index (χ2n) is 13.3. The first-order chi connectivity index (χ1) is 24.3. The molecule has 0 unspecified atom stereocenters. The first-order valence-corrected chi connectivity index (χ1v) is 18.5. The van der Waals surface area contributed by atoms with E-state index in [1.807, 2.05) is 6.07 Å². The van der Waals surface area contributed by atoms with Crippen LogP contribution in [0.2, 0.25) is 0 Å². The molecule has 0 fully saturated rings. The third kappa shape index (κ3) is 10.7. The standard InChI is InChI=1S/C45H56O5/c1-6-9-10-12-33-14-16-37(17-15-33)42-21-18-38(27-35(42)7-2)39-19-22-43(36(8-3)28-39)40-20-23-44(49-26-24-34(30-46)31-47)41(29-40)13-11-25-50-45(48)32(4)5/h14-23,27-29,34,46-47H,4,6-13,24-26,30-31H2,1-3,5H3. The third-order valence-corrected chi connectivity index (χ3v) is 9.48. The molecule has 0 heterocycles. The molecule has 0 aliphatic carbocycles. The first kappa shape index (κ1) is 38.6. The van der Waals surface area contributed by atoms with Gasteiger partial charge in [0.25, 0.3) is 0 Å². The molecule has 4 rings (SSSR count).